The summed E-state index contributed by atoms with van der Waals surface area (Å²) in [5.41, 5.74) is 4.91. The van der Waals surface area contributed by atoms with Gasteiger partial charge in [0.25, 0.3) is 5.91 Å². The number of ether oxygens (including phenoxy) is 1. The van der Waals surface area contributed by atoms with Gasteiger partial charge in [-0.25, -0.2) is 9.78 Å². The molecule has 4 aromatic rings. The zero-order valence-electron chi connectivity index (χ0n) is 18.9. The molecule has 34 heavy (non-hydrogen) atoms. The molecule has 0 radical (unpaired) electrons. The van der Waals surface area contributed by atoms with Crippen LogP contribution in [0.3, 0.4) is 0 Å². The highest BCUT2D eigenvalue weighted by atomic mass is 32.1. The number of rotatable bonds is 5. The maximum atomic E-state index is 13.4. The highest BCUT2D eigenvalue weighted by Crippen LogP contribution is 2.36. The normalized spacial score (nSPS) is 14.1. The summed E-state index contributed by atoms with van der Waals surface area (Å²) < 4.78 is 5.57. The summed E-state index contributed by atoms with van der Waals surface area (Å²) in [6.07, 6.45) is 4.75. The first kappa shape index (κ1) is 22.0. The van der Waals surface area contributed by atoms with Crippen LogP contribution >= 0.6 is 11.3 Å². The smallest absolute Gasteiger partial charge is 0.339 e. The quantitative estimate of drug-likeness (QED) is 0.338. The number of carbonyl (C=O) groups is 2. The van der Waals surface area contributed by atoms with Crippen molar-refractivity contribution in [2.24, 2.45) is 0 Å². The van der Waals surface area contributed by atoms with Crippen molar-refractivity contribution in [1.29, 1.82) is 0 Å². The molecule has 0 bridgehead atoms. The number of amides is 1. The number of pyridine rings is 1. The number of thiophene rings is 1. The number of aromatic nitrogens is 1. The van der Waals surface area contributed by atoms with Crippen molar-refractivity contribution < 1.29 is 14.3 Å². The van der Waals surface area contributed by atoms with Crippen molar-refractivity contribution in [2.75, 3.05) is 18.6 Å². The first-order chi connectivity index (χ1) is 16.6. The molecule has 0 saturated carbocycles. The summed E-state index contributed by atoms with van der Waals surface area (Å²) in [7, 11) is 1.68. The number of anilines is 1. The van der Waals surface area contributed by atoms with Crippen LogP contribution < -0.4 is 4.90 Å². The molecular formula is C28H24N2O3S. The first-order valence-electron chi connectivity index (χ1n) is 11.3. The highest BCUT2D eigenvalue weighted by molar-refractivity contribution is 7.10. The van der Waals surface area contributed by atoms with E-state index < -0.39 is 5.97 Å². The Morgan fingerprint density at radius 1 is 1.03 bits per heavy atom. The Hall–Kier alpha value is -3.77. The molecule has 170 valence electrons. The minimum Gasteiger partial charge on any atom is -0.452 e. The van der Waals surface area contributed by atoms with E-state index in [0.29, 0.717) is 5.56 Å². The van der Waals surface area contributed by atoms with Crippen molar-refractivity contribution in [3.8, 4) is 0 Å². The number of hydrogen-bond donors (Lipinski definition) is 0. The lowest BCUT2D eigenvalue weighted by molar-refractivity contribution is -0.121. The summed E-state index contributed by atoms with van der Waals surface area (Å²) >= 11 is 1.68. The molecule has 2 aromatic heterocycles. The van der Waals surface area contributed by atoms with E-state index in [9.17, 15) is 9.59 Å². The van der Waals surface area contributed by atoms with Crippen LogP contribution in [0.5, 0.6) is 0 Å². The fraction of sp³-hybridized carbons (Fsp3) is 0.179. The van der Waals surface area contributed by atoms with Crippen LogP contribution in [0, 0.1) is 0 Å². The summed E-state index contributed by atoms with van der Waals surface area (Å²) in [6, 6.07) is 21.0. The third-order valence-corrected chi connectivity index (χ3v) is 6.90. The van der Waals surface area contributed by atoms with Gasteiger partial charge in [-0.05, 0) is 66.1 Å². The number of para-hydroxylation sites is 2. The Morgan fingerprint density at radius 3 is 2.62 bits per heavy atom. The molecule has 2 aromatic carbocycles. The van der Waals surface area contributed by atoms with Gasteiger partial charge in [-0.1, -0.05) is 42.5 Å². The number of likely N-dealkylation sites (N-methyl/N-ethyl adjacent to an activating group) is 1. The van der Waals surface area contributed by atoms with Gasteiger partial charge in [0.15, 0.2) is 6.61 Å². The second-order valence-corrected chi connectivity index (χ2v) is 9.21. The Kier molecular flexibility index (Phi) is 6.23. The summed E-state index contributed by atoms with van der Waals surface area (Å²) in [4.78, 5) is 33.7. The van der Waals surface area contributed by atoms with Crippen molar-refractivity contribution in [3.05, 3.63) is 93.8 Å². The molecular weight excluding hydrogens is 444 g/mol. The molecule has 0 saturated heterocycles. The lowest BCUT2D eigenvalue weighted by Crippen LogP contribution is -2.31. The summed E-state index contributed by atoms with van der Waals surface area (Å²) in [5, 5.41) is 2.81. The van der Waals surface area contributed by atoms with E-state index >= 15 is 0 Å². The van der Waals surface area contributed by atoms with Crippen LogP contribution in [0.25, 0.3) is 22.6 Å². The largest absolute Gasteiger partial charge is 0.452 e. The van der Waals surface area contributed by atoms with E-state index in [2.05, 4.69) is 17.5 Å². The van der Waals surface area contributed by atoms with E-state index in [1.807, 2.05) is 60.7 Å². The maximum absolute atomic E-state index is 13.4. The number of benzene rings is 2. The lowest BCUT2D eigenvalue weighted by atomic mass is 9.86. The first-order valence-corrected chi connectivity index (χ1v) is 12.1. The molecule has 0 aliphatic heterocycles. The molecule has 0 N–H and O–H groups in total. The Labute approximate surface area is 202 Å². The molecule has 5 rings (SSSR count). The molecule has 1 aliphatic rings. The van der Waals surface area contributed by atoms with E-state index in [0.717, 1.165) is 57.6 Å². The van der Waals surface area contributed by atoms with Gasteiger partial charge in [-0.3, -0.25) is 4.79 Å². The predicted octanol–water partition coefficient (Wildman–Crippen LogP) is 5.99. The van der Waals surface area contributed by atoms with Gasteiger partial charge in [-0.15, -0.1) is 11.3 Å². The lowest BCUT2D eigenvalue weighted by Gasteiger charge is -2.22. The second-order valence-electron chi connectivity index (χ2n) is 8.23. The molecule has 2 heterocycles. The van der Waals surface area contributed by atoms with Crippen LogP contribution in [0.1, 0.15) is 39.3 Å². The van der Waals surface area contributed by atoms with Crippen molar-refractivity contribution in [3.63, 3.8) is 0 Å². The predicted molar refractivity (Wildman–Crippen MR) is 137 cm³/mol. The summed E-state index contributed by atoms with van der Waals surface area (Å²) in [5.74, 6) is -0.771. The molecule has 0 unspecified atom stereocenters. The highest BCUT2D eigenvalue weighted by Gasteiger charge is 2.26. The van der Waals surface area contributed by atoms with Crippen LogP contribution in [0.2, 0.25) is 0 Å². The van der Waals surface area contributed by atoms with Gasteiger partial charge in [0.05, 0.1) is 16.8 Å². The second kappa shape index (κ2) is 9.61. The SMILES string of the molecule is CN(C(=O)COC(=O)c1c2c(nc3ccccc13)C(=Cc1cccs1)CCC2)c1ccccc1. The van der Waals surface area contributed by atoms with Gasteiger partial charge in [-0.2, -0.15) is 0 Å². The van der Waals surface area contributed by atoms with E-state index in [1.54, 1.807) is 18.4 Å². The Balaban J connectivity index is 1.48. The number of fused-ring (bicyclic) bond motifs is 2. The minimum absolute atomic E-state index is 0.287. The van der Waals surface area contributed by atoms with Crippen LogP contribution in [0.15, 0.2) is 72.1 Å². The average Bonchev–Trinajstić information content (AvgIpc) is 3.39. The molecule has 0 fully saturated rings. The maximum Gasteiger partial charge on any atom is 0.339 e. The number of carbonyl (C=O) groups excluding carboxylic acids is 2. The molecule has 0 atom stereocenters. The van der Waals surface area contributed by atoms with Crippen molar-refractivity contribution in [1.82, 2.24) is 4.98 Å². The fourth-order valence-electron chi connectivity index (χ4n) is 4.35. The summed E-state index contributed by atoms with van der Waals surface area (Å²) in [6.45, 7) is -0.326. The van der Waals surface area contributed by atoms with Crippen LogP contribution in [-0.4, -0.2) is 30.5 Å². The third kappa shape index (κ3) is 4.37. The molecule has 1 aliphatic carbocycles. The zero-order valence-corrected chi connectivity index (χ0v) is 19.7. The molecule has 0 spiro atoms. The van der Waals surface area contributed by atoms with Gasteiger partial charge < -0.3 is 9.64 Å². The van der Waals surface area contributed by atoms with Gasteiger partial charge >= 0.3 is 5.97 Å². The number of allylic oxidation sites excluding steroid dienone is 1. The number of esters is 1. The standard InChI is InChI=1S/C28H24N2O3S/c1-30(20-10-3-2-4-11-20)25(31)18-33-28(32)26-22-13-5-6-15-24(22)29-27-19(9-7-14-23(26)27)17-21-12-8-16-34-21/h2-6,8,10-13,15-17H,7,9,14,18H2,1H3. The molecule has 6 heteroatoms. The number of hydrogen-bond acceptors (Lipinski definition) is 5. The average molecular weight is 469 g/mol. The van der Waals surface area contributed by atoms with E-state index in [-0.39, 0.29) is 12.5 Å². The topological polar surface area (TPSA) is 59.5 Å². The van der Waals surface area contributed by atoms with Crippen LogP contribution in [0.4, 0.5) is 5.69 Å². The van der Waals surface area contributed by atoms with Gasteiger partial charge in [0, 0.05) is 23.0 Å². The van der Waals surface area contributed by atoms with Gasteiger partial charge in [0.2, 0.25) is 0 Å². The third-order valence-electron chi connectivity index (χ3n) is 6.08. The van der Waals surface area contributed by atoms with E-state index in [1.165, 1.54) is 4.90 Å². The zero-order chi connectivity index (χ0) is 23.5. The van der Waals surface area contributed by atoms with Crippen LogP contribution in [-0.2, 0) is 16.0 Å². The van der Waals surface area contributed by atoms with Crippen molar-refractivity contribution >= 4 is 51.5 Å². The monoisotopic (exact) mass is 468 g/mol. The van der Waals surface area contributed by atoms with Gasteiger partial charge in [0.1, 0.15) is 0 Å². The Morgan fingerprint density at radius 2 is 1.82 bits per heavy atom. The number of nitrogens with zero attached hydrogens (tertiary/aromatic N) is 2. The molecule has 1 amide bonds. The van der Waals surface area contributed by atoms with Crippen molar-refractivity contribution in [2.45, 2.75) is 19.3 Å². The fourth-order valence-corrected chi connectivity index (χ4v) is 5.03. The Bertz CT molecular complexity index is 1380. The molecule has 5 nitrogen and oxygen atoms in total. The minimum atomic E-state index is -0.484. The van der Waals surface area contributed by atoms with E-state index in [4.69, 9.17) is 9.72 Å².